The summed E-state index contributed by atoms with van der Waals surface area (Å²) in [6, 6.07) is 10.3. The van der Waals surface area contributed by atoms with Crippen molar-refractivity contribution in [1.82, 2.24) is 19.2 Å². The van der Waals surface area contributed by atoms with Crippen molar-refractivity contribution in [3.63, 3.8) is 0 Å². The summed E-state index contributed by atoms with van der Waals surface area (Å²) in [6.45, 7) is 6.19. The molecule has 30 heavy (non-hydrogen) atoms. The van der Waals surface area contributed by atoms with Crippen molar-refractivity contribution >= 4 is 22.2 Å². The van der Waals surface area contributed by atoms with Crippen LogP contribution < -0.4 is 0 Å². The van der Waals surface area contributed by atoms with Crippen molar-refractivity contribution < 1.29 is 9.53 Å². The quantitative estimate of drug-likeness (QED) is 0.523. The summed E-state index contributed by atoms with van der Waals surface area (Å²) in [6.07, 6.45) is 5.40. The number of hydrogen-bond acceptors (Lipinski definition) is 5. The number of likely N-dealkylation sites (N-methyl/N-ethyl adjacent to an activating group) is 2. The van der Waals surface area contributed by atoms with Gasteiger partial charge in [-0.3, -0.25) is 14.1 Å². The van der Waals surface area contributed by atoms with E-state index >= 15 is 0 Å². The van der Waals surface area contributed by atoms with Crippen LogP contribution in [0.2, 0.25) is 0 Å². The first kappa shape index (κ1) is 21.0. The second-order valence-electron chi connectivity index (χ2n) is 7.89. The van der Waals surface area contributed by atoms with Gasteiger partial charge in [0.2, 0.25) is 0 Å². The second kappa shape index (κ2) is 9.73. The Morgan fingerprint density at radius 2 is 2.17 bits per heavy atom. The zero-order valence-electron chi connectivity index (χ0n) is 17.8. The number of carbonyl (C=O) groups is 1. The second-order valence-corrected chi connectivity index (χ2v) is 8.76. The summed E-state index contributed by atoms with van der Waals surface area (Å²) in [4.78, 5) is 23.0. The summed E-state index contributed by atoms with van der Waals surface area (Å²) in [7, 11) is 1.87. The van der Waals surface area contributed by atoms with E-state index in [0.717, 1.165) is 49.6 Å². The maximum atomic E-state index is 13.3. The number of thiazole rings is 1. The molecule has 2 aromatic heterocycles. The van der Waals surface area contributed by atoms with Crippen molar-refractivity contribution in [3.05, 3.63) is 58.9 Å². The monoisotopic (exact) mass is 426 g/mol. The Morgan fingerprint density at radius 1 is 1.33 bits per heavy atom. The third kappa shape index (κ3) is 4.74. The predicted molar refractivity (Wildman–Crippen MR) is 120 cm³/mol. The molecule has 0 N–H and O–H groups in total. The number of carbonyl (C=O) groups excluding carboxylic acids is 1. The van der Waals surface area contributed by atoms with Crippen LogP contribution >= 0.6 is 11.3 Å². The number of fused-ring (bicyclic) bond motifs is 1. The van der Waals surface area contributed by atoms with Gasteiger partial charge in [-0.05, 0) is 31.4 Å². The summed E-state index contributed by atoms with van der Waals surface area (Å²) in [5, 5.41) is 2.02. The van der Waals surface area contributed by atoms with Crippen LogP contribution in [0.3, 0.4) is 0 Å². The lowest BCUT2D eigenvalue weighted by atomic mass is 10.1. The van der Waals surface area contributed by atoms with Crippen LogP contribution in [0.5, 0.6) is 0 Å². The minimum Gasteiger partial charge on any atom is -0.377 e. The molecule has 1 aliphatic heterocycles. The zero-order valence-corrected chi connectivity index (χ0v) is 18.6. The molecule has 7 heteroatoms. The maximum Gasteiger partial charge on any atom is 0.274 e. The van der Waals surface area contributed by atoms with Crippen LogP contribution in [0, 0.1) is 0 Å². The van der Waals surface area contributed by atoms with Crippen LogP contribution in [0.1, 0.15) is 41.5 Å². The van der Waals surface area contributed by atoms with E-state index in [4.69, 9.17) is 9.72 Å². The molecule has 0 saturated carbocycles. The first-order valence-corrected chi connectivity index (χ1v) is 11.6. The van der Waals surface area contributed by atoms with Crippen molar-refractivity contribution in [3.8, 4) is 0 Å². The van der Waals surface area contributed by atoms with E-state index in [-0.39, 0.29) is 5.91 Å². The third-order valence-electron chi connectivity index (χ3n) is 5.80. The Bertz CT molecular complexity index is 962. The highest BCUT2D eigenvalue weighted by Crippen LogP contribution is 2.22. The number of imidazole rings is 1. The Balaban J connectivity index is 1.50. The molecule has 1 amide bonds. The molecule has 4 rings (SSSR count). The van der Waals surface area contributed by atoms with Gasteiger partial charge < -0.3 is 9.64 Å². The number of amides is 1. The molecule has 0 unspecified atom stereocenters. The number of nitrogens with zero attached hydrogens (tertiary/aromatic N) is 4. The van der Waals surface area contributed by atoms with E-state index in [9.17, 15) is 4.79 Å². The first-order chi connectivity index (χ1) is 14.7. The number of hydrogen-bond donors (Lipinski definition) is 0. The lowest BCUT2D eigenvalue weighted by Gasteiger charge is -2.24. The van der Waals surface area contributed by atoms with Gasteiger partial charge in [-0.1, -0.05) is 37.3 Å². The smallest absolute Gasteiger partial charge is 0.274 e. The molecule has 1 fully saturated rings. The molecule has 3 aromatic rings. The predicted octanol–water partition coefficient (Wildman–Crippen LogP) is 3.71. The molecule has 160 valence electrons. The van der Waals surface area contributed by atoms with Gasteiger partial charge >= 0.3 is 0 Å². The summed E-state index contributed by atoms with van der Waals surface area (Å²) in [5.41, 5.74) is 2.78. The zero-order chi connectivity index (χ0) is 20.9. The Kier molecular flexibility index (Phi) is 6.82. The minimum atomic E-state index is -0.00926. The van der Waals surface area contributed by atoms with E-state index in [0.29, 0.717) is 24.9 Å². The molecular weight excluding hydrogens is 396 g/mol. The standard InChI is InChI=1S/C23H30N4O2S/c1-3-26(16-19-10-7-14-29-19)17-20-21(24-23-27(20)13-15-30-23)22(28)25(2)12-11-18-8-5-4-6-9-18/h4-6,8-9,13,15,19H,3,7,10-12,14,16-17H2,1-2H3/t19-/m1/s1. The highest BCUT2D eigenvalue weighted by molar-refractivity contribution is 7.15. The Hall–Kier alpha value is -2.22. The number of rotatable bonds is 9. The lowest BCUT2D eigenvalue weighted by molar-refractivity contribution is 0.0712. The van der Waals surface area contributed by atoms with Crippen LogP contribution in [0.15, 0.2) is 41.9 Å². The fourth-order valence-electron chi connectivity index (χ4n) is 3.97. The van der Waals surface area contributed by atoms with Gasteiger partial charge in [0.05, 0.1) is 11.8 Å². The third-order valence-corrected chi connectivity index (χ3v) is 6.55. The molecule has 1 saturated heterocycles. The fourth-order valence-corrected chi connectivity index (χ4v) is 4.71. The van der Waals surface area contributed by atoms with Crippen molar-refractivity contribution in [1.29, 1.82) is 0 Å². The molecule has 0 radical (unpaired) electrons. The van der Waals surface area contributed by atoms with Gasteiger partial charge in [0, 0.05) is 44.9 Å². The molecule has 1 aliphatic rings. The van der Waals surface area contributed by atoms with Gasteiger partial charge in [-0.15, -0.1) is 11.3 Å². The number of ether oxygens (including phenoxy) is 1. The fraction of sp³-hybridized carbons (Fsp3) is 0.478. The van der Waals surface area contributed by atoms with Crippen LogP contribution in [-0.4, -0.2) is 64.5 Å². The van der Waals surface area contributed by atoms with Crippen LogP contribution in [0.4, 0.5) is 0 Å². The maximum absolute atomic E-state index is 13.3. The van der Waals surface area contributed by atoms with E-state index in [1.807, 2.05) is 36.8 Å². The van der Waals surface area contributed by atoms with Crippen molar-refractivity contribution in [2.75, 3.05) is 33.3 Å². The Labute approximate surface area is 182 Å². The first-order valence-electron chi connectivity index (χ1n) is 10.7. The molecule has 0 bridgehead atoms. The van der Waals surface area contributed by atoms with E-state index in [1.165, 1.54) is 5.56 Å². The van der Waals surface area contributed by atoms with E-state index < -0.39 is 0 Å². The van der Waals surface area contributed by atoms with Crippen LogP contribution in [0.25, 0.3) is 4.96 Å². The lowest BCUT2D eigenvalue weighted by Crippen LogP contribution is -2.34. The highest BCUT2D eigenvalue weighted by atomic mass is 32.1. The normalized spacial score (nSPS) is 16.6. The van der Waals surface area contributed by atoms with E-state index in [1.54, 1.807) is 16.2 Å². The molecule has 0 spiro atoms. The average molecular weight is 427 g/mol. The van der Waals surface area contributed by atoms with Gasteiger partial charge in [0.25, 0.3) is 5.91 Å². The largest absolute Gasteiger partial charge is 0.377 e. The topological polar surface area (TPSA) is 50.1 Å². The molecular formula is C23H30N4O2S. The number of benzene rings is 1. The van der Waals surface area contributed by atoms with Gasteiger partial charge in [0.15, 0.2) is 10.7 Å². The van der Waals surface area contributed by atoms with Gasteiger partial charge in [-0.2, -0.15) is 0 Å². The number of aromatic nitrogens is 2. The summed E-state index contributed by atoms with van der Waals surface area (Å²) < 4.78 is 7.90. The van der Waals surface area contributed by atoms with Crippen LogP contribution in [-0.2, 0) is 17.7 Å². The van der Waals surface area contributed by atoms with Gasteiger partial charge in [0.1, 0.15) is 0 Å². The SMILES string of the molecule is CCN(Cc1c(C(=O)N(C)CCc2ccccc2)nc2sccn12)C[C@H]1CCCO1. The molecule has 1 aromatic carbocycles. The Morgan fingerprint density at radius 3 is 2.90 bits per heavy atom. The van der Waals surface area contributed by atoms with Crippen molar-refractivity contribution in [2.24, 2.45) is 0 Å². The summed E-state index contributed by atoms with van der Waals surface area (Å²) >= 11 is 1.57. The molecule has 3 heterocycles. The van der Waals surface area contributed by atoms with E-state index in [2.05, 4.69) is 28.4 Å². The molecule has 6 nitrogen and oxygen atoms in total. The van der Waals surface area contributed by atoms with Crippen molar-refractivity contribution in [2.45, 2.75) is 38.8 Å². The minimum absolute atomic E-state index is 0.00926. The van der Waals surface area contributed by atoms with Gasteiger partial charge in [-0.25, -0.2) is 4.98 Å². The molecule has 0 aliphatic carbocycles. The highest BCUT2D eigenvalue weighted by Gasteiger charge is 2.25. The summed E-state index contributed by atoms with van der Waals surface area (Å²) in [5.74, 6) is -0.00926. The average Bonchev–Trinajstić information content (AvgIpc) is 3.51. The molecule has 1 atom stereocenters.